The van der Waals surface area contributed by atoms with Crippen molar-refractivity contribution in [3.05, 3.63) is 16.5 Å². The summed E-state index contributed by atoms with van der Waals surface area (Å²) in [5.74, 6) is 2.62. The molecule has 1 heterocycles. The van der Waals surface area contributed by atoms with Gasteiger partial charge in [0.15, 0.2) is 0 Å². The molecule has 0 aromatic carbocycles. The Morgan fingerprint density at radius 1 is 1.19 bits per heavy atom. The first kappa shape index (κ1) is 16.5. The summed E-state index contributed by atoms with van der Waals surface area (Å²) in [5.41, 5.74) is 0.901. The van der Waals surface area contributed by atoms with Crippen molar-refractivity contribution in [3.63, 3.8) is 0 Å². The summed E-state index contributed by atoms with van der Waals surface area (Å²) in [6.07, 6.45) is 5.14. The standard InChI is InChI=1S/C17H28ClN3/c1-11-8-7-9-13(10-11)21(6)15-12(2)14(18)19-16(20-15)17(3,4)5/h11,13H,7-10H2,1-6H3. The van der Waals surface area contributed by atoms with Gasteiger partial charge in [-0.3, -0.25) is 0 Å². The highest BCUT2D eigenvalue weighted by molar-refractivity contribution is 6.30. The third-order valence-corrected chi connectivity index (χ3v) is 4.89. The van der Waals surface area contributed by atoms with Crippen molar-refractivity contribution in [2.24, 2.45) is 5.92 Å². The fourth-order valence-corrected chi connectivity index (χ4v) is 3.25. The minimum absolute atomic E-state index is 0.0905. The van der Waals surface area contributed by atoms with Crippen molar-refractivity contribution >= 4 is 17.4 Å². The van der Waals surface area contributed by atoms with Gasteiger partial charge in [-0.25, -0.2) is 9.97 Å². The zero-order valence-electron chi connectivity index (χ0n) is 14.2. The molecule has 0 radical (unpaired) electrons. The highest BCUT2D eigenvalue weighted by atomic mass is 35.5. The van der Waals surface area contributed by atoms with Gasteiger partial charge in [0.05, 0.1) is 0 Å². The lowest BCUT2D eigenvalue weighted by Gasteiger charge is -2.36. The molecule has 1 aliphatic rings. The molecule has 0 saturated heterocycles. The smallest absolute Gasteiger partial charge is 0.137 e. The third kappa shape index (κ3) is 3.68. The van der Waals surface area contributed by atoms with Gasteiger partial charge < -0.3 is 4.90 Å². The Kier molecular flexibility index (Phi) is 4.82. The molecule has 0 amide bonds. The molecule has 0 bridgehead atoms. The highest BCUT2D eigenvalue weighted by Gasteiger charge is 2.27. The maximum atomic E-state index is 6.36. The van der Waals surface area contributed by atoms with Crippen LogP contribution in [0.5, 0.6) is 0 Å². The molecule has 1 saturated carbocycles. The van der Waals surface area contributed by atoms with Gasteiger partial charge in [0.25, 0.3) is 0 Å². The lowest BCUT2D eigenvalue weighted by Crippen LogP contribution is -2.37. The number of nitrogens with zero attached hydrogens (tertiary/aromatic N) is 3. The van der Waals surface area contributed by atoms with E-state index in [2.05, 4.69) is 44.6 Å². The van der Waals surface area contributed by atoms with Crippen LogP contribution >= 0.6 is 11.6 Å². The Labute approximate surface area is 134 Å². The summed E-state index contributed by atoms with van der Waals surface area (Å²) in [6.45, 7) is 10.7. The van der Waals surface area contributed by atoms with Crippen LogP contribution in [0.4, 0.5) is 5.82 Å². The molecular formula is C17H28ClN3. The predicted molar refractivity (Wildman–Crippen MR) is 90.3 cm³/mol. The van der Waals surface area contributed by atoms with E-state index in [4.69, 9.17) is 16.6 Å². The molecule has 0 spiro atoms. The van der Waals surface area contributed by atoms with Crippen LogP contribution in [0.15, 0.2) is 0 Å². The summed E-state index contributed by atoms with van der Waals surface area (Å²) in [4.78, 5) is 11.6. The molecule has 2 unspecified atom stereocenters. The van der Waals surface area contributed by atoms with E-state index < -0.39 is 0 Å². The number of rotatable bonds is 2. The van der Waals surface area contributed by atoms with Gasteiger partial charge in [-0.15, -0.1) is 0 Å². The Hall–Kier alpha value is -0.830. The summed E-state index contributed by atoms with van der Waals surface area (Å²) in [5, 5.41) is 0.584. The molecule has 1 aromatic heterocycles. The van der Waals surface area contributed by atoms with E-state index in [0.717, 1.165) is 23.1 Å². The third-order valence-electron chi connectivity index (χ3n) is 4.52. The van der Waals surface area contributed by atoms with E-state index in [1.807, 2.05) is 6.92 Å². The second-order valence-electron chi connectivity index (χ2n) is 7.57. The summed E-state index contributed by atoms with van der Waals surface area (Å²) >= 11 is 6.36. The molecule has 2 rings (SSSR count). The van der Waals surface area contributed by atoms with Crippen LogP contribution in [0.1, 0.15) is 64.8 Å². The first-order valence-electron chi connectivity index (χ1n) is 7.97. The van der Waals surface area contributed by atoms with Crippen molar-refractivity contribution in [2.75, 3.05) is 11.9 Å². The van der Waals surface area contributed by atoms with Gasteiger partial charge in [-0.1, -0.05) is 52.1 Å². The zero-order chi connectivity index (χ0) is 15.8. The van der Waals surface area contributed by atoms with Crippen LogP contribution in [-0.2, 0) is 5.41 Å². The minimum Gasteiger partial charge on any atom is -0.356 e. The van der Waals surface area contributed by atoms with Crippen molar-refractivity contribution in [1.29, 1.82) is 0 Å². The first-order chi connectivity index (χ1) is 9.70. The van der Waals surface area contributed by atoms with E-state index in [9.17, 15) is 0 Å². The molecule has 1 fully saturated rings. The number of anilines is 1. The van der Waals surface area contributed by atoms with Crippen LogP contribution in [0, 0.1) is 12.8 Å². The van der Waals surface area contributed by atoms with E-state index in [1.54, 1.807) is 0 Å². The number of hydrogen-bond acceptors (Lipinski definition) is 3. The van der Waals surface area contributed by atoms with E-state index >= 15 is 0 Å². The molecule has 118 valence electrons. The van der Waals surface area contributed by atoms with Crippen LogP contribution in [0.3, 0.4) is 0 Å². The Balaban J connectivity index is 2.35. The summed E-state index contributed by atoms with van der Waals surface area (Å²) < 4.78 is 0. The average molecular weight is 310 g/mol. The molecule has 3 nitrogen and oxygen atoms in total. The van der Waals surface area contributed by atoms with Crippen molar-refractivity contribution < 1.29 is 0 Å². The molecule has 1 aliphatic carbocycles. The lowest BCUT2D eigenvalue weighted by molar-refractivity contribution is 0.335. The van der Waals surface area contributed by atoms with Crippen LogP contribution in [0.2, 0.25) is 5.15 Å². The average Bonchev–Trinajstić information content (AvgIpc) is 2.39. The second kappa shape index (κ2) is 6.12. The SMILES string of the molecule is Cc1c(Cl)nc(C(C)(C)C)nc1N(C)C1CCCC(C)C1. The predicted octanol–water partition coefficient (Wildman–Crippen LogP) is 4.75. The zero-order valence-corrected chi connectivity index (χ0v) is 15.0. The summed E-state index contributed by atoms with van der Waals surface area (Å²) in [6, 6.07) is 0.561. The monoisotopic (exact) mass is 309 g/mol. The lowest BCUT2D eigenvalue weighted by atomic mass is 9.86. The maximum absolute atomic E-state index is 6.36. The van der Waals surface area contributed by atoms with Crippen LogP contribution < -0.4 is 4.90 Å². The normalized spacial score (nSPS) is 23.2. The second-order valence-corrected chi connectivity index (χ2v) is 7.93. The van der Waals surface area contributed by atoms with Gasteiger partial charge in [0.2, 0.25) is 0 Å². The van der Waals surface area contributed by atoms with Gasteiger partial charge in [-0.2, -0.15) is 0 Å². The summed E-state index contributed by atoms with van der Waals surface area (Å²) in [7, 11) is 2.15. The van der Waals surface area contributed by atoms with E-state index in [-0.39, 0.29) is 5.41 Å². The van der Waals surface area contributed by atoms with Crippen LogP contribution in [-0.4, -0.2) is 23.1 Å². The molecule has 2 atom stereocenters. The Bertz CT molecular complexity index is 507. The molecule has 4 heteroatoms. The molecule has 0 N–H and O–H groups in total. The van der Waals surface area contributed by atoms with Crippen molar-refractivity contribution in [2.45, 2.75) is 71.8 Å². The molecule has 1 aromatic rings. The van der Waals surface area contributed by atoms with Gasteiger partial charge >= 0.3 is 0 Å². The maximum Gasteiger partial charge on any atom is 0.137 e. The van der Waals surface area contributed by atoms with E-state index in [1.165, 1.54) is 25.7 Å². The topological polar surface area (TPSA) is 29.0 Å². The molecule has 21 heavy (non-hydrogen) atoms. The molecule has 0 aliphatic heterocycles. The number of aromatic nitrogens is 2. The van der Waals surface area contributed by atoms with Crippen molar-refractivity contribution in [3.8, 4) is 0 Å². The van der Waals surface area contributed by atoms with Gasteiger partial charge in [-0.05, 0) is 25.7 Å². The number of halogens is 1. The van der Waals surface area contributed by atoms with Gasteiger partial charge in [0, 0.05) is 24.1 Å². The van der Waals surface area contributed by atoms with E-state index in [0.29, 0.717) is 11.2 Å². The van der Waals surface area contributed by atoms with Gasteiger partial charge in [0.1, 0.15) is 16.8 Å². The Morgan fingerprint density at radius 3 is 2.43 bits per heavy atom. The van der Waals surface area contributed by atoms with Crippen LogP contribution in [0.25, 0.3) is 0 Å². The quantitative estimate of drug-likeness (QED) is 0.738. The Morgan fingerprint density at radius 2 is 1.86 bits per heavy atom. The fraction of sp³-hybridized carbons (Fsp3) is 0.765. The number of hydrogen-bond donors (Lipinski definition) is 0. The first-order valence-corrected chi connectivity index (χ1v) is 8.35. The fourth-order valence-electron chi connectivity index (χ4n) is 3.08. The van der Waals surface area contributed by atoms with Crippen molar-refractivity contribution in [1.82, 2.24) is 9.97 Å². The molecular weight excluding hydrogens is 282 g/mol. The largest absolute Gasteiger partial charge is 0.356 e. The minimum atomic E-state index is -0.0905. The highest BCUT2D eigenvalue weighted by Crippen LogP contribution is 2.33.